The quantitative estimate of drug-likeness (QED) is 0.0565. The molecule has 3 atom stereocenters. The Kier molecular flexibility index (Phi) is 16.6. The van der Waals surface area contributed by atoms with Crippen molar-refractivity contribution in [1.82, 2.24) is 20.9 Å². The Morgan fingerprint density at radius 3 is 2.11 bits per heavy atom. The average Bonchev–Trinajstić information content (AvgIpc) is 2.98. The zero-order valence-corrected chi connectivity index (χ0v) is 26.3. The van der Waals surface area contributed by atoms with Crippen molar-refractivity contribution in [3.8, 4) is 0 Å². The van der Waals surface area contributed by atoms with Crippen LogP contribution in [0.4, 0.5) is 10.5 Å². The summed E-state index contributed by atoms with van der Waals surface area (Å²) in [6.07, 6.45) is 3.06. The first-order valence-electron chi connectivity index (χ1n) is 14.6. The zero-order valence-electron chi connectivity index (χ0n) is 26.3. The SMILES string of the molecule is C/C=C\C(=O)N(C=O)C(CN)C(=O)NC(C(=O)NC(CCCNC(N)=O)C(=O)Nc1ccc(COC(=O)C(C)C)cc1)C(C)C. The van der Waals surface area contributed by atoms with E-state index in [9.17, 15) is 33.6 Å². The second-order valence-corrected chi connectivity index (χ2v) is 10.8. The minimum Gasteiger partial charge on any atom is -0.461 e. The maximum absolute atomic E-state index is 13.4. The molecule has 8 N–H and O–H groups in total. The van der Waals surface area contributed by atoms with E-state index in [1.165, 1.54) is 6.08 Å². The van der Waals surface area contributed by atoms with Crippen LogP contribution in [0.15, 0.2) is 36.4 Å². The molecule has 0 fully saturated rings. The van der Waals surface area contributed by atoms with Gasteiger partial charge in [0.05, 0.1) is 5.92 Å². The molecule has 0 aliphatic rings. The van der Waals surface area contributed by atoms with Crippen LogP contribution < -0.4 is 32.7 Å². The van der Waals surface area contributed by atoms with Crippen LogP contribution >= 0.6 is 0 Å². The lowest BCUT2D eigenvalue weighted by atomic mass is 10.0. The molecule has 3 unspecified atom stereocenters. The van der Waals surface area contributed by atoms with Gasteiger partial charge in [0.15, 0.2) is 0 Å². The molecule has 0 bridgehead atoms. The van der Waals surface area contributed by atoms with Crippen LogP contribution in [-0.2, 0) is 40.1 Å². The van der Waals surface area contributed by atoms with E-state index in [-0.39, 0.29) is 44.3 Å². The Balaban J connectivity index is 3.08. The summed E-state index contributed by atoms with van der Waals surface area (Å²) in [6.45, 7) is 8.16. The van der Waals surface area contributed by atoms with Crippen molar-refractivity contribution in [2.24, 2.45) is 23.3 Å². The van der Waals surface area contributed by atoms with Gasteiger partial charge in [0.1, 0.15) is 24.7 Å². The van der Waals surface area contributed by atoms with E-state index in [1.54, 1.807) is 58.9 Å². The first kappa shape index (κ1) is 38.2. The molecule has 0 saturated heterocycles. The van der Waals surface area contributed by atoms with Crippen molar-refractivity contribution in [3.63, 3.8) is 0 Å². The number of nitrogens with zero attached hydrogens (tertiary/aromatic N) is 1. The molecule has 0 radical (unpaired) electrons. The number of anilines is 1. The molecule has 1 aromatic carbocycles. The van der Waals surface area contributed by atoms with Gasteiger partial charge in [0.2, 0.25) is 24.1 Å². The normalized spacial score (nSPS) is 13.0. The molecule has 15 nitrogen and oxygen atoms in total. The Morgan fingerprint density at radius 2 is 1.60 bits per heavy atom. The molecule has 0 heterocycles. The standard InChI is InChI=1S/C30H45N7O8/c1-6-8-24(39)37(17-38)23(15-31)27(41)36-25(18(2)3)28(42)35-22(9-7-14-33-30(32)44)26(40)34-21-12-10-20(11-13-21)16-45-29(43)19(4)5/h6,8,10-13,17-19,22-23,25H,7,9,14-16,31H2,1-5H3,(H,34,40)(H,35,42)(H,36,41)(H3,32,33,44)/b8-6-. The summed E-state index contributed by atoms with van der Waals surface area (Å²) < 4.78 is 5.21. The predicted molar refractivity (Wildman–Crippen MR) is 166 cm³/mol. The van der Waals surface area contributed by atoms with E-state index in [4.69, 9.17) is 16.2 Å². The molecular formula is C30H45N7O8. The number of nitrogens with one attached hydrogen (secondary N) is 4. The Labute approximate surface area is 262 Å². The van der Waals surface area contributed by atoms with Crippen molar-refractivity contribution in [2.45, 2.75) is 72.2 Å². The van der Waals surface area contributed by atoms with Gasteiger partial charge in [0, 0.05) is 18.8 Å². The van der Waals surface area contributed by atoms with Crippen molar-refractivity contribution >= 4 is 47.7 Å². The van der Waals surface area contributed by atoms with Gasteiger partial charge in [-0.1, -0.05) is 45.9 Å². The van der Waals surface area contributed by atoms with Crippen molar-refractivity contribution in [1.29, 1.82) is 0 Å². The fourth-order valence-corrected chi connectivity index (χ4v) is 3.92. The molecule has 45 heavy (non-hydrogen) atoms. The molecular weight excluding hydrogens is 586 g/mol. The van der Waals surface area contributed by atoms with Crippen LogP contribution in [0.25, 0.3) is 0 Å². The van der Waals surface area contributed by atoms with Crippen molar-refractivity contribution < 1.29 is 38.3 Å². The number of amides is 7. The van der Waals surface area contributed by atoms with Crippen LogP contribution in [0.2, 0.25) is 0 Å². The van der Waals surface area contributed by atoms with E-state index in [0.717, 1.165) is 6.08 Å². The first-order valence-corrected chi connectivity index (χ1v) is 14.6. The summed E-state index contributed by atoms with van der Waals surface area (Å²) in [4.78, 5) is 87.0. The zero-order chi connectivity index (χ0) is 34.1. The number of urea groups is 1. The average molecular weight is 632 g/mol. The van der Waals surface area contributed by atoms with Gasteiger partial charge >= 0.3 is 12.0 Å². The molecule has 0 aromatic heterocycles. The highest BCUT2D eigenvalue weighted by molar-refractivity contribution is 6.01. The Hall–Kier alpha value is -4.79. The molecule has 0 aliphatic carbocycles. The largest absolute Gasteiger partial charge is 0.461 e. The molecule has 1 rings (SSSR count). The number of esters is 1. The smallest absolute Gasteiger partial charge is 0.312 e. The molecule has 1 aromatic rings. The van der Waals surface area contributed by atoms with Crippen LogP contribution in [0.1, 0.15) is 53.0 Å². The highest BCUT2D eigenvalue weighted by atomic mass is 16.5. The predicted octanol–water partition coefficient (Wildman–Crippen LogP) is 0.287. The van der Waals surface area contributed by atoms with Crippen LogP contribution in [0.5, 0.6) is 0 Å². The first-order chi connectivity index (χ1) is 21.2. The van der Waals surface area contributed by atoms with E-state index in [2.05, 4.69) is 21.3 Å². The second kappa shape index (κ2) is 19.5. The van der Waals surface area contributed by atoms with Crippen LogP contribution in [0, 0.1) is 11.8 Å². The lowest BCUT2D eigenvalue weighted by molar-refractivity contribution is -0.148. The van der Waals surface area contributed by atoms with Gasteiger partial charge < -0.3 is 37.5 Å². The number of benzene rings is 1. The van der Waals surface area contributed by atoms with Gasteiger partial charge in [0.25, 0.3) is 5.91 Å². The third kappa shape index (κ3) is 13.2. The summed E-state index contributed by atoms with van der Waals surface area (Å²) >= 11 is 0. The lowest BCUT2D eigenvalue weighted by Gasteiger charge is -2.29. The van der Waals surface area contributed by atoms with Gasteiger partial charge in [-0.15, -0.1) is 0 Å². The summed E-state index contributed by atoms with van der Waals surface area (Å²) in [5.74, 6) is -3.93. The van der Waals surface area contributed by atoms with E-state index >= 15 is 0 Å². The number of rotatable bonds is 18. The van der Waals surface area contributed by atoms with Gasteiger partial charge in [-0.05, 0) is 49.5 Å². The number of primary amides is 1. The Morgan fingerprint density at radius 1 is 0.956 bits per heavy atom. The number of imide groups is 1. The maximum atomic E-state index is 13.4. The van der Waals surface area contributed by atoms with Crippen molar-refractivity contribution in [3.05, 3.63) is 42.0 Å². The number of carbonyl (C=O) groups is 7. The number of hydrogen-bond acceptors (Lipinski definition) is 9. The molecule has 248 valence electrons. The topological polar surface area (TPSA) is 232 Å². The third-order valence-corrected chi connectivity index (χ3v) is 6.46. The monoisotopic (exact) mass is 631 g/mol. The van der Waals surface area contributed by atoms with E-state index in [0.29, 0.717) is 16.2 Å². The van der Waals surface area contributed by atoms with E-state index in [1.807, 2.05) is 0 Å². The molecule has 0 spiro atoms. The highest BCUT2D eigenvalue weighted by Gasteiger charge is 2.33. The molecule has 0 saturated carbocycles. The maximum Gasteiger partial charge on any atom is 0.312 e. The lowest BCUT2D eigenvalue weighted by Crippen LogP contribution is -2.59. The number of nitrogens with two attached hydrogens (primary N) is 2. The van der Waals surface area contributed by atoms with Crippen molar-refractivity contribution in [2.75, 3.05) is 18.4 Å². The number of carbonyl (C=O) groups excluding carboxylic acids is 7. The summed E-state index contributed by atoms with van der Waals surface area (Å²) in [5.41, 5.74) is 11.9. The van der Waals surface area contributed by atoms with Gasteiger partial charge in [-0.3, -0.25) is 33.7 Å². The van der Waals surface area contributed by atoms with Gasteiger partial charge in [-0.2, -0.15) is 0 Å². The summed E-state index contributed by atoms with van der Waals surface area (Å²) in [6, 6.07) is 2.20. The Bertz CT molecular complexity index is 1220. The molecule has 0 aliphatic heterocycles. The minimum atomic E-state index is -1.38. The fourth-order valence-electron chi connectivity index (χ4n) is 3.92. The second-order valence-electron chi connectivity index (χ2n) is 10.8. The van der Waals surface area contributed by atoms with Crippen LogP contribution in [0.3, 0.4) is 0 Å². The van der Waals surface area contributed by atoms with Crippen LogP contribution in [-0.4, -0.2) is 78.2 Å². The summed E-state index contributed by atoms with van der Waals surface area (Å²) in [5, 5.41) is 10.3. The van der Waals surface area contributed by atoms with E-state index < -0.39 is 60.2 Å². The number of allylic oxidation sites excluding steroid dienone is 1. The third-order valence-electron chi connectivity index (χ3n) is 6.46. The van der Waals surface area contributed by atoms with Gasteiger partial charge in [-0.25, -0.2) is 4.79 Å². The summed E-state index contributed by atoms with van der Waals surface area (Å²) in [7, 11) is 0. The fraction of sp³-hybridized carbons (Fsp3) is 0.500. The molecule has 7 amide bonds. The number of ether oxygens (including phenoxy) is 1. The molecule has 15 heteroatoms. The minimum absolute atomic E-state index is 0.0676. The highest BCUT2D eigenvalue weighted by Crippen LogP contribution is 2.13. The number of hydrogen-bond donors (Lipinski definition) is 6.